The normalized spacial score (nSPS) is 25.2. The third-order valence-electron chi connectivity index (χ3n) is 5.46. The van der Waals surface area contributed by atoms with Gasteiger partial charge in [-0.1, -0.05) is 17.3 Å². The van der Waals surface area contributed by atoms with Gasteiger partial charge in [0.2, 0.25) is 5.91 Å². The molecule has 0 bridgehead atoms. The number of amides is 1. The molecule has 0 radical (unpaired) electrons. The van der Waals surface area contributed by atoms with Crippen molar-refractivity contribution in [3.63, 3.8) is 0 Å². The zero-order valence-corrected chi connectivity index (χ0v) is 16.2. The predicted molar refractivity (Wildman–Crippen MR) is 103 cm³/mol. The Bertz CT molecular complexity index is 780. The summed E-state index contributed by atoms with van der Waals surface area (Å²) in [6.45, 7) is 5.60. The maximum absolute atomic E-state index is 11.8. The van der Waals surface area contributed by atoms with E-state index >= 15 is 0 Å². The first kappa shape index (κ1) is 19.0. The summed E-state index contributed by atoms with van der Waals surface area (Å²) in [6.07, 6.45) is 5.54. The molecule has 2 aliphatic heterocycles. The molecule has 0 aliphatic carbocycles. The van der Waals surface area contributed by atoms with Crippen LogP contribution < -0.4 is 5.32 Å². The van der Waals surface area contributed by atoms with Gasteiger partial charge in [0.15, 0.2) is 0 Å². The number of nitrogens with zero attached hydrogens (tertiary/aromatic N) is 4. The molecule has 8 nitrogen and oxygen atoms in total. The first-order chi connectivity index (χ1) is 13.6. The van der Waals surface area contributed by atoms with Crippen molar-refractivity contribution in [2.45, 2.75) is 38.0 Å². The molecule has 28 heavy (non-hydrogen) atoms. The van der Waals surface area contributed by atoms with Gasteiger partial charge in [0, 0.05) is 26.6 Å². The fourth-order valence-electron chi connectivity index (χ4n) is 3.93. The quantitative estimate of drug-likeness (QED) is 0.832. The van der Waals surface area contributed by atoms with E-state index in [4.69, 9.17) is 9.47 Å². The van der Waals surface area contributed by atoms with Crippen molar-refractivity contribution >= 4 is 5.91 Å². The number of hydrogen-bond donors (Lipinski definition) is 1. The van der Waals surface area contributed by atoms with Gasteiger partial charge in [-0.05, 0) is 30.5 Å². The summed E-state index contributed by atoms with van der Waals surface area (Å²) in [5.41, 5.74) is 1.84. The van der Waals surface area contributed by atoms with E-state index in [0.717, 1.165) is 31.6 Å². The lowest BCUT2D eigenvalue weighted by molar-refractivity contribution is -0.133. The maximum Gasteiger partial charge on any atom is 0.219 e. The number of nitrogens with one attached hydrogen (secondary N) is 1. The molecule has 2 saturated heterocycles. The second-order valence-electron chi connectivity index (χ2n) is 7.60. The molecule has 2 aliphatic rings. The van der Waals surface area contributed by atoms with Crippen LogP contribution in [0.4, 0.5) is 0 Å². The number of aromatic nitrogens is 3. The molecule has 0 unspecified atom stereocenters. The van der Waals surface area contributed by atoms with E-state index in [2.05, 4.69) is 27.8 Å². The Labute approximate surface area is 164 Å². The highest BCUT2D eigenvalue weighted by Crippen LogP contribution is 2.32. The van der Waals surface area contributed by atoms with Crippen molar-refractivity contribution in [3.8, 4) is 5.69 Å². The highest BCUT2D eigenvalue weighted by Gasteiger charge is 2.43. The Morgan fingerprint density at radius 2 is 2.21 bits per heavy atom. The topological polar surface area (TPSA) is 81.5 Å². The van der Waals surface area contributed by atoms with Crippen molar-refractivity contribution in [3.05, 3.63) is 42.2 Å². The number of hydrogen-bond acceptors (Lipinski definition) is 6. The largest absolute Gasteiger partial charge is 0.377 e. The SMILES string of the molecule is CC(=O)N1CCOC[C@]2(CC[C@H](CNCc3ccc(-n4ccnn4)cc3)O2)C1. The van der Waals surface area contributed by atoms with Gasteiger partial charge in [-0.3, -0.25) is 4.79 Å². The Balaban J connectivity index is 1.26. The van der Waals surface area contributed by atoms with Crippen LogP contribution in [0.3, 0.4) is 0 Å². The molecule has 1 N–H and O–H groups in total. The van der Waals surface area contributed by atoms with Crippen LogP contribution in [0, 0.1) is 0 Å². The standard InChI is InChI=1S/C20H27N5O3/c1-16(26)24-10-11-27-15-20(14-24)7-6-19(28-20)13-21-12-17-2-4-18(5-3-17)25-9-8-22-23-25/h2-5,8-9,19,21H,6-7,10-15H2,1H3/t19-,20+/m1/s1. The number of carbonyl (C=O) groups is 1. The number of carbonyl (C=O) groups excluding carboxylic acids is 1. The first-order valence-electron chi connectivity index (χ1n) is 9.81. The second kappa shape index (κ2) is 8.38. The summed E-state index contributed by atoms with van der Waals surface area (Å²) in [5.74, 6) is 0.0874. The lowest BCUT2D eigenvalue weighted by atomic mass is 10.00. The zero-order chi connectivity index (χ0) is 19.4. The average molecular weight is 385 g/mol. The molecular weight excluding hydrogens is 358 g/mol. The molecule has 2 atom stereocenters. The van der Waals surface area contributed by atoms with Crippen LogP contribution in [-0.2, 0) is 20.8 Å². The monoisotopic (exact) mass is 385 g/mol. The Kier molecular flexibility index (Phi) is 5.70. The Hall–Kier alpha value is -2.29. The van der Waals surface area contributed by atoms with Crippen LogP contribution in [0.1, 0.15) is 25.3 Å². The Morgan fingerprint density at radius 3 is 2.96 bits per heavy atom. The molecule has 2 fully saturated rings. The summed E-state index contributed by atoms with van der Waals surface area (Å²) >= 11 is 0. The fourth-order valence-corrected chi connectivity index (χ4v) is 3.93. The fraction of sp³-hybridized carbons (Fsp3) is 0.550. The van der Waals surface area contributed by atoms with Crippen LogP contribution in [0.15, 0.2) is 36.7 Å². The van der Waals surface area contributed by atoms with Crippen molar-refractivity contribution in [1.82, 2.24) is 25.2 Å². The summed E-state index contributed by atoms with van der Waals surface area (Å²) < 4.78 is 13.8. The van der Waals surface area contributed by atoms with Gasteiger partial charge in [0.05, 0.1) is 43.9 Å². The second-order valence-corrected chi connectivity index (χ2v) is 7.60. The van der Waals surface area contributed by atoms with Crippen molar-refractivity contribution in [1.29, 1.82) is 0 Å². The molecule has 8 heteroatoms. The highest BCUT2D eigenvalue weighted by molar-refractivity contribution is 5.73. The molecule has 2 aromatic rings. The molecule has 1 aromatic carbocycles. The number of rotatable bonds is 5. The van der Waals surface area contributed by atoms with E-state index in [0.29, 0.717) is 26.3 Å². The third-order valence-corrected chi connectivity index (χ3v) is 5.46. The van der Waals surface area contributed by atoms with E-state index in [1.165, 1.54) is 5.56 Å². The summed E-state index contributed by atoms with van der Waals surface area (Å²) in [4.78, 5) is 13.6. The van der Waals surface area contributed by atoms with E-state index in [1.807, 2.05) is 23.2 Å². The van der Waals surface area contributed by atoms with Crippen LogP contribution in [0.5, 0.6) is 0 Å². The lowest BCUT2D eigenvalue weighted by Gasteiger charge is -2.31. The van der Waals surface area contributed by atoms with Crippen LogP contribution >= 0.6 is 0 Å². The van der Waals surface area contributed by atoms with E-state index in [1.54, 1.807) is 17.8 Å². The summed E-state index contributed by atoms with van der Waals surface area (Å²) in [5, 5.41) is 11.3. The van der Waals surface area contributed by atoms with Crippen LogP contribution in [0.25, 0.3) is 5.69 Å². The molecule has 4 rings (SSSR count). The van der Waals surface area contributed by atoms with Gasteiger partial charge < -0.3 is 19.7 Å². The van der Waals surface area contributed by atoms with Gasteiger partial charge in [-0.25, -0.2) is 4.68 Å². The molecule has 1 spiro atoms. The smallest absolute Gasteiger partial charge is 0.219 e. The molecule has 1 amide bonds. The van der Waals surface area contributed by atoms with Gasteiger partial charge in [0.25, 0.3) is 0 Å². The van der Waals surface area contributed by atoms with E-state index in [-0.39, 0.29) is 17.6 Å². The molecule has 0 saturated carbocycles. The Morgan fingerprint density at radius 1 is 1.36 bits per heavy atom. The maximum atomic E-state index is 11.8. The summed E-state index contributed by atoms with van der Waals surface area (Å²) in [7, 11) is 0. The van der Waals surface area contributed by atoms with Crippen molar-refractivity contribution in [2.24, 2.45) is 0 Å². The molecule has 150 valence electrons. The summed E-state index contributed by atoms with van der Waals surface area (Å²) in [6, 6.07) is 8.24. The van der Waals surface area contributed by atoms with Crippen LogP contribution in [0.2, 0.25) is 0 Å². The van der Waals surface area contributed by atoms with Gasteiger partial charge >= 0.3 is 0 Å². The van der Waals surface area contributed by atoms with Gasteiger partial charge in [0.1, 0.15) is 5.60 Å². The van der Waals surface area contributed by atoms with Crippen molar-refractivity contribution in [2.75, 3.05) is 32.8 Å². The third kappa shape index (κ3) is 4.40. The van der Waals surface area contributed by atoms with Crippen LogP contribution in [-0.4, -0.2) is 70.4 Å². The average Bonchev–Trinajstić information content (AvgIpc) is 3.30. The van der Waals surface area contributed by atoms with Gasteiger partial charge in [-0.2, -0.15) is 0 Å². The minimum atomic E-state index is -0.353. The van der Waals surface area contributed by atoms with E-state index < -0.39 is 0 Å². The molecule has 1 aromatic heterocycles. The minimum absolute atomic E-state index is 0.0874. The highest BCUT2D eigenvalue weighted by atomic mass is 16.6. The number of ether oxygens (including phenoxy) is 2. The predicted octanol–water partition coefficient (Wildman–Crippen LogP) is 1.15. The van der Waals surface area contributed by atoms with Gasteiger partial charge in [-0.15, -0.1) is 5.10 Å². The number of benzene rings is 1. The zero-order valence-electron chi connectivity index (χ0n) is 16.2. The minimum Gasteiger partial charge on any atom is -0.377 e. The molecular formula is C20H27N5O3. The molecule has 3 heterocycles. The van der Waals surface area contributed by atoms with Crippen molar-refractivity contribution < 1.29 is 14.3 Å². The lowest BCUT2D eigenvalue weighted by Crippen LogP contribution is -2.46. The first-order valence-corrected chi connectivity index (χ1v) is 9.81. The van der Waals surface area contributed by atoms with E-state index in [9.17, 15) is 4.79 Å².